The lowest BCUT2D eigenvalue weighted by atomic mass is 9.95. The minimum absolute atomic E-state index is 0.549. The first-order chi connectivity index (χ1) is 12.1. The highest BCUT2D eigenvalue weighted by molar-refractivity contribution is 5.68. The second-order valence-corrected chi connectivity index (χ2v) is 7.08. The Morgan fingerprint density at radius 2 is 2.00 bits per heavy atom. The van der Waals surface area contributed by atoms with E-state index in [4.69, 9.17) is 4.98 Å². The maximum atomic E-state index is 4.76. The Bertz CT molecular complexity index is 732. The summed E-state index contributed by atoms with van der Waals surface area (Å²) in [6, 6.07) is 8.77. The molecule has 0 spiro atoms. The molecule has 0 radical (unpaired) electrons. The molecule has 0 aromatic carbocycles. The van der Waals surface area contributed by atoms with Crippen molar-refractivity contribution >= 4 is 11.6 Å². The van der Waals surface area contributed by atoms with Crippen LogP contribution >= 0.6 is 0 Å². The zero-order valence-electron chi connectivity index (χ0n) is 15.3. The standard InChI is InChI=1S/C21H28N4/c1-15(2)13-22-20-11-7-10-19(25-20)18-12-21(23-14-16(18)3)24-17-8-5-4-6-9-17/h7,10-12,14,17H,1,4-6,8-9,13H2,2-3H3,(H,22,25)(H,23,24). The summed E-state index contributed by atoms with van der Waals surface area (Å²) in [5, 5.41) is 6.92. The fourth-order valence-corrected chi connectivity index (χ4v) is 3.26. The van der Waals surface area contributed by atoms with Crippen LogP contribution in [0.5, 0.6) is 0 Å². The van der Waals surface area contributed by atoms with E-state index in [2.05, 4.69) is 41.3 Å². The molecule has 132 valence electrons. The molecule has 1 saturated carbocycles. The van der Waals surface area contributed by atoms with E-state index in [0.29, 0.717) is 6.04 Å². The Kier molecular flexibility index (Phi) is 5.69. The lowest BCUT2D eigenvalue weighted by Crippen LogP contribution is -2.22. The van der Waals surface area contributed by atoms with Crippen LogP contribution in [0.15, 0.2) is 42.6 Å². The Hall–Kier alpha value is -2.36. The average Bonchev–Trinajstić information content (AvgIpc) is 2.63. The molecule has 0 atom stereocenters. The predicted molar refractivity (Wildman–Crippen MR) is 106 cm³/mol. The Balaban J connectivity index is 1.80. The van der Waals surface area contributed by atoms with E-state index in [9.17, 15) is 0 Å². The van der Waals surface area contributed by atoms with Gasteiger partial charge in [-0.2, -0.15) is 0 Å². The highest BCUT2D eigenvalue weighted by Crippen LogP contribution is 2.27. The summed E-state index contributed by atoms with van der Waals surface area (Å²) < 4.78 is 0. The Morgan fingerprint density at radius 1 is 1.20 bits per heavy atom. The quantitative estimate of drug-likeness (QED) is 0.713. The molecule has 0 aliphatic heterocycles. The Labute approximate surface area is 150 Å². The first-order valence-corrected chi connectivity index (χ1v) is 9.20. The second-order valence-electron chi connectivity index (χ2n) is 7.08. The van der Waals surface area contributed by atoms with Crippen LogP contribution in [0.3, 0.4) is 0 Å². The van der Waals surface area contributed by atoms with Gasteiger partial charge in [0.1, 0.15) is 11.6 Å². The number of rotatable bonds is 6. The molecule has 0 unspecified atom stereocenters. The molecule has 3 rings (SSSR count). The molecule has 0 saturated heterocycles. The van der Waals surface area contributed by atoms with Crippen molar-refractivity contribution in [1.29, 1.82) is 0 Å². The smallest absolute Gasteiger partial charge is 0.126 e. The van der Waals surface area contributed by atoms with Crippen LogP contribution in [-0.4, -0.2) is 22.6 Å². The number of nitrogens with zero attached hydrogens (tertiary/aromatic N) is 2. The lowest BCUT2D eigenvalue weighted by Gasteiger charge is -2.23. The van der Waals surface area contributed by atoms with E-state index in [1.165, 1.54) is 32.1 Å². The van der Waals surface area contributed by atoms with Crippen LogP contribution in [0.1, 0.15) is 44.6 Å². The van der Waals surface area contributed by atoms with Gasteiger partial charge in [0.05, 0.1) is 5.69 Å². The van der Waals surface area contributed by atoms with E-state index in [1.807, 2.05) is 25.3 Å². The molecule has 4 heteroatoms. The van der Waals surface area contributed by atoms with Gasteiger partial charge < -0.3 is 10.6 Å². The van der Waals surface area contributed by atoms with Crippen LogP contribution in [0.2, 0.25) is 0 Å². The van der Waals surface area contributed by atoms with Crippen molar-refractivity contribution in [2.24, 2.45) is 0 Å². The molecule has 0 bridgehead atoms. The molecule has 1 fully saturated rings. The Morgan fingerprint density at radius 3 is 2.76 bits per heavy atom. The molecule has 25 heavy (non-hydrogen) atoms. The summed E-state index contributed by atoms with van der Waals surface area (Å²) in [6.07, 6.45) is 8.41. The number of aromatic nitrogens is 2. The van der Waals surface area contributed by atoms with Gasteiger partial charge >= 0.3 is 0 Å². The minimum Gasteiger partial charge on any atom is -0.367 e. The topological polar surface area (TPSA) is 49.8 Å². The molecular weight excluding hydrogens is 308 g/mol. The van der Waals surface area contributed by atoms with E-state index in [0.717, 1.165) is 40.6 Å². The maximum absolute atomic E-state index is 4.76. The third-order valence-corrected chi connectivity index (χ3v) is 4.66. The lowest BCUT2D eigenvalue weighted by molar-refractivity contribution is 0.462. The van der Waals surface area contributed by atoms with Crippen LogP contribution in [-0.2, 0) is 0 Å². The van der Waals surface area contributed by atoms with Gasteiger partial charge in [0.2, 0.25) is 0 Å². The summed E-state index contributed by atoms with van der Waals surface area (Å²) in [7, 11) is 0. The van der Waals surface area contributed by atoms with Gasteiger partial charge in [-0.3, -0.25) is 0 Å². The maximum Gasteiger partial charge on any atom is 0.126 e. The van der Waals surface area contributed by atoms with Crippen LogP contribution in [0.25, 0.3) is 11.3 Å². The van der Waals surface area contributed by atoms with Crippen molar-refractivity contribution in [3.8, 4) is 11.3 Å². The number of hydrogen-bond donors (Lipinski definition) is 2. The highest BCUT2D eigenvalue weighted by Gasteiger charge is 2.14. The molecule has 4 nitrogen and oxygen atoms in total. The van der Waals surface area contributed by atoms with Gasteiger partial charge in [-0.15, -0.1) is 0 Å². The van der Waals surface area contributed by atoms with Crippen LogP contribution < -0.4 is 10.6 Å². The van der Waals surface area contributed by atoms with Gasteiger partial charge in [-0.1, -0.05) is 37.5 Å². The number of hydrogen-bond acceptors (Lipinski definition) is 4. The summed E-state index contributed by atoms with van der Waals surface area (Å²) in [5.41, 5.74) is 4.33. The van der Waals surface area contributed by atoms with Gasteiger partial charge in [0, 0.05) is 24.3 Å². The van der Waals surface area contributed by atoms with Crippen molar-refractivity contribution < 1.29 is 0 Å². The first-order valence-electron chi connectivity index (χ1n) is 9.20. The molecule has 1 aliphatic carbocycles. The largest absolute Gasteiger partial charge is 0.367 e. The third kappa shape index (κ3) is 4.81. The number of anilines is 2. The van der Waals surface area contributed by atoms with Crippen LogP contribution in [0, 0.1) is 6.92 Å². The fourth-order valence-electron chi connectivity index (χ4n) is 3.26. The summed E-state index contributed by atoms with van der Waals surface area (Å²) in [5.74, 6) is 1.83. The summed E-state index contributed by atoms with van der Waals surface area (Å²) in [4.78, 5) is 9.33. The van der Waals surface area contributed by atoms with E-state index >= 15 is 0 Å². The van der Waals surface area contributed by atoms with Crippen molar-refractivity contribution in [2.75, 3.05) is 17.2 Å². The normalized spacial score (nSPS) is 15.0. The van der Waals surface area contributed by atoms with Crippen molar-refractivity contribution in [1.82, 2.24) is 9.97 Å². The van der Waals surface area contributed by atoms with E-state index < -0.39 is 0 Å². The first kappa shape index (κ1) is 17.5. The number of aryl methyl sites for hydroxylation is 1. The number of pyridine rings is 2. The second kappa shape index (κ2) is 8.15. The zero-order valence-corrected chi connectivity index (χ0v) is 15.3. The predicted octanol–water partition coefficient (Wildman–Crippen LogP) is 5.18. The zero-order chi connectivity index (χ0) is 17.6. The SMILES string of the molecule is C=C(C)CNc1cccc(-c2cc(NC3CCCCC3)ncc2C)n1. The van der Waals surface area contributed by atoms with Crippen molar-refractivity contribution in [2.45, 2.75) is 52.0 Å². The molecule has 1 aliphatic rings. The van der Waals surface area contributed by atoms with Gasteiger partial charge in [-0.25, -0.2) is 9.97 Å². The molecular formula is C21H28N4. The molecule has 0 amide bonds. The summed E-state index contributed by atoms with van der Waals surface area (Å²) >= 11 is 0. The van der Waals surface area contributed by atoms with Crippen molar-refractivity contribution in [3.05, 3.63) is 48.2 Å². The van der Waals surface area contributed by atoms with Gasteiger partial charge in [0.25, 0.3) is 0 Å². The number of nitrogens with one attached hydrogen (secondary N) is 2. The monoisotopic (exact) mass is 336 g/mol. The molecule has 2 aromatic heterocycles. The van der Waals surface area contributed by atoms with E-state index in [-0.39, 0.29) is 0 Å². The van der Waals surface area contributed by atoms with Gasteiger partial charge in [-0.05, 0) is 50.5 Å². The van der Waals surface area contributed by atoms with Crippen LogP contribution in [0.4, 0.5) is 11.6 Å². The van der Waals surface area contributed by atoms with E-state index in [1.54, 1.807) is 0 Å². The molecule has 2 aromatic rings. The van der Waals surface area contributed by atoms with Crippen molar-refractivity contribution in [3.63, 3.8) is 0 Å². The third-order valence-electron chi connectivity index (χ3n) is 4.66. The molecule has 2 N–H and O–H groups in total. The van der Waals surface area contributed by atoms with Gasteiger partial charge in [0.15, 0.2) is 0 Å². The summed E-state index contributed by atoms with van der Waals surface area (Å²) in [6.45, 7) is 8.75. The average molecular weight is 336 g/mol. The fraction of sp³-hybridized carbons (Fsp3) is 0.429. The minimum atomic E-state index is 0.549. The molecule has 2 heterocycles. The highest BCUT2D eigenvalue weighted by atomic mass is 15.0.